The van der Waals surface area contributed by atoms with Gasteiger partial charge in [0.15, 0.2) is 5.12 Å². The van der Waals surface area contributed by atoms with Gasteiger partial charge < -0.3 is 9.15 Å². The maximum absolute atomic E-state index is 12.3. The van der Waals surface area contributed by atoms with Gasteiger partial charge in [-0.05, 0) is 37.3 Å². The van der Waals surface area contributed by atoms with Gasteiger partial charge in [-0.3, -0.25) is 4.79 Å². The molecule has 0 N–H and O–H groups in total. The summed E-state index contributed by atoms with van der Waals surface area (Å²) in [7, 11) is 1.62. The summed E-state index contributed by atoms with van der Waals surface area (Å²) in [5.74, 6) is 0.758. The lowest BCUT2D eigenvalue weighted by atomic mass is 10.1. The molecule has 0 saturated heterocycles. The molecule has 4 heteroatoms. The van der Waals surface area contributed by atoms with Gasteiger partial charge in [-0.15, -0.1) is 0 Å². The second-order valence-electron chi connectivity index (χ2n) is 5.09. The normalized spacial score (nSPS) is 10.8. The number of hydrogen-bond donors (Lipinski definition) is 0. The first-order valence-electron chi connectivity index (χ1n) is 6.97. The van der Waals surface area contributed by atoms with E-state index < -0.39 is 0 Å². The zero-order valence-electron chi connectivity index (χ0n) is 12.5. The molecule has 1 heterocycles. The lowest BCUT2D eigenvalue weighted by Crippen LogP contribution is -1.96. The number of hydrogen-bond acceptors (Lipinski definition) is 4. The van der Waals surface area contributed by atoms with E-state index in [1.807, 2.05) is 49.4 Å². The van der Waals surface area contributed by atoms with Crippen molar-refractivity contribution in [3.63, 3.8) is 0 Å². The number of fused-ring (bicyclic) bond motifs is 1. The molecule has 1 aromatic heterocycles. The number of methoxy groups -OCH3 is 1. The third-order valence-corrected chi connectivity index (χ3v) is 4.33. The van der Waals surface area contributed by atoms with Crippen molar-refractivity contribution in [3.8, 4) is 5.75 Å². The summed E-state index contributed by atoms with van der Waals surface area (Å²) in [5, 5.41) is 1.02. The maximum Gasteiger partial charge on any atom is 0.198 e. The van der Waals surface area contributed by atoms with Gasteiger partial charge in [0.2, 0.25) is 0 Å². The molecule has 0 radical (unpaired) electrons. The molecule has 112 valence electrons. The quantitative estimate of drug-likeness (QED) is 0.659. The Morgan fingerprint density at radius 1 is 1.18 bits per heavy atom. The smallest absolute Gasteiger partial charge is 0.198 e. The van der Waals surface area contributed by atoms with E-state index in [2.05, 4.69) is 0 Å². The summed E-state index contributed by atoms with van der Waals surface area (Å²) < 4.78 is 10.7. The topological polar surface area (TPSA) is 39.4 Å². The average Bonchev–Trinajstić information content (AvgIpc) is 2.91. The van der Waals surface area contributed by atoms with E-state index in [9.17, 15) is 4.79 Å². The Kier molecular flexibility index (Phi) is 4.20. The minimum atomic E-state index is 0.0920. The molecule has 22 heavy (non-hydrogen) atoms. The van der Waals surface area contributed by atoms with E-state index in [1.165, 1.54) is 17.3 Å². The number of benzene rings is 2. The summed E-state index contributed by atoms with van der Waals surface area (Å²) in [6, 6.07) is 13.6. The molecule has 0 aliphatic rings. The summed E-state index contributed by atoms with van der Waals surface area (Å²) in [6.07, 6.45) is 1.98. The van der Waals surface area contributed by atoms with Gasteiger partial charge in [0.25, 0.3) is 0 Å². The lowest BCUT2D eigenvalue weighted by Gasteiger charge is -2.02. The fraction of sp³-hybridized carbons (Fsp3) is 0.167. The first-order valence-corrected chi connectivity index (χ1v) is 7.79. The van der Waals surface area contributed by atoms with E-state index in [0.717, 1.165) is 27.2 Å². The van der Waals surface area contributed by atoms with Crippen molar-refractivity contribution in [3.05, 3.63) is 59.9 Å². The predicted octanol–water partition coefficient (Wildman–Crippen LogP) is 4.61. The highest BCUT2D eigenvalue weighted by atomic mass is 32.2. The molecule has 3 nitrogen and oxygen atoms in total. The molecule has 0 spiro atoms. The van der Waals surface area contributed by atoms with Crippen LogP contribution in [0, 0.1) is 6.92 Å². The Labute approximate surface area is 133 Å². The van der Waals surface area contributed by atoms with Crippen LogP contribution in [0.1, 0.15) is 11.1 Å². The minimum Gasteiger partial charge on any atom is -0.497 e. The van der Waals surface area contributed by atoms with Crippen molar-refractivity contribution in [2.24, 2.45) is 0 Å². The summed E-state index contributed by atoms with van der Waals surface area (Å²) in [6.45, 7) is 2.03. The Morgan fingerprint density at radius 2 is 1.95 bits per heavy atom. The fourth-order valence-electron chi connectivity index (χ4n) is 2.25. The molecular formula is C18H16O3S. The standard InChI is InChI=1S/C18H16O3S/c1-12-3-6-15(7-4-12)22-18(19)9-13-11-21-17-8-5-14(20-2)10-16(13)17/h3-8,10-11H,9H2,1-2H3. The van der Waals surface area contributed by atoms with Crippen LogP contribution in [0.2, 0.25) is 0 Å². The Balaban J connectivity index is 1.77. The van der Waals surface area contributed by atoms with Crippen molar-refractivity contribution in [1.29, 1.82) is 0 Å². The van der Waals surface area contributed by atoms with Crippen LogP contribution in [0.25, 0.3) is 11.0 Å². The van der Waals surface area contributed by atoms with Crippen LogP contribution in [-0.4, -0.2) is 12.2 Å². The second kappa shape index (κ2) is 6.28. The molecule has 0 fully saturated rings. The Hall–Kier alpha value is -2.20. The third-order valence-electron chi connectivity index (χ3n) is 3.45. The highest BCUT2D eigenvalue weighted by Gasteiger charge is 2.12. The number of aryl methyl sites for hydroxylation is 1. The van der Waals surface area contributed by atoms with Gasteiger partial charge in [-0.2, -0.15) is 0 Å². The van der Waals surface area contributed by atoms with Gasteiger partial charge in [0.05, 0.1) is 13.4 Å². The van der Waals surface area contributed by atoms with Gasteiger partial charge in [-0.1, -0.05) is 29.5 Å². The summed E-state index contributed by atoms with van der Waals surface area (Å²) in [4.78, 5) is 13.2. The number of carbonyl (C=O) groups excluding carboxylic acids is 1. The van der Waals surface area contributed by atoms with Crippen molar-refractivity contribution in [2.75, 3.05) is 7.11 Å². The van der Waals surface area contributed by atoms with E-state index in [1.54, 1.807) is 13.4 Å². The molecule has 0 amide bonds. The monoisotopic (exact) mass is 312 g/mol. The molecule has 0 aliphatic carbocycles. The summed E-state index contributed by atoms with van der Waals surface area (Å²) >= 11 is 1.26. The maximum atomic E-state index is 12.3. The van der Waals surface area contributed by atoms with E-state index in [-0.39, 0.29) is 5.12 Å². The number of thioether (sulfide) groups is 1. The van der Waals surface area contributed by atoms with Crippen LogP contribution in [0.5, 0.6) is 5.75 Å². The molecule has 0 atom stereocenters. The lowest BCUT2D eigenvalue weighted by molar-refractivity contribution is -0.110. The largest absolute Gasteiger partial charge is 0.497 e. The van der Waals surface area contributed by atoms with E-state index in [4.69, 9.17) is 9.15 Å². The molecule has 0 aliphatic heterocycles. The van der Waals surface area contributed by atoms with Crippen LogP contribution >= 0.6 is 11.8 Å². The van der Waals surface area contributed by atoms with E-state index >= 15 is 0 Å². The molecule has 2 aromatic carbocycles. The van der Waals surface area contributed by atoms with Crippen molar-refractivity contribution in [2.45, 2.75) is 18.2 Å². The fourth-order valence-corrected chi connectivity index (χ4v) is 3.02. The Bertz CT molecular complexity index is 803. The van der Waals surface area contributed by atoms with Gasteiger partial charge in [0, 0.05) is 22.3 Å². The molecule has 0 unspecified atom stereocenters. The Morgan fingerprint density at radius 3 is 2.68 bits per heavy atom. The van der Waals surface area contributed by atoms with Crippen LogP contribution in [0.15, 0.2) is 58.0 Å². The molecule has 3 aromatic rings. The van der Waals surface area contributed by atoms with Crippen molar-refractivity contribution in [1.82, 2.24) is 0 Å². The number of carbonyl (C=O) groups is 1. The SMILES string of the molecule is COc1ccc2occ(CC(=O)Sc3ccc(C)cc3)c2c1. The van der Waals surface area contributed by atoms with Crippen LogP contribution < -0.4 is 4.74 Å². The van der Waals surface area contributed by atoms with E-state index in [0.29, 0.717) is 6.42 Å². The number of furan rings is 1. The first-order chi connectivity index (χ1) is 10.7. The van der Waals surface area contributed by atoms with Crippen LogP contribution in [0.3, 0.4) is 0 Å². The molecule has 3 rings (SSSR count). The zero-order valence-corrected chi connectivity index (χ0v) is 13.3. The first kappa shape index (κ1) is 14.7. The third kappa shape index (κ3) is 3.17. The highest BCUT2D eigenvalue weighted by Crippen LogP contribution is 2.28. The highest BCUT2D eigenvalue weighted by molar-refractivity contribution is 8.13. The van der Waals surface area contributed by atoms with Crippen molar-refractivity contribution >= 4 is 27.8 Å². The van der Waals surface area contributed by atoms with Gasteiger partial charge >= 0.3 is 0 Å². The van der Waals surface area contributed by atoms with Crippen LogP contribution in [-0.2, 0) is 11.2 Å². The predicted molar refractivity (Wildman–Crippen MR) is 88.5 cm³/mol. The molecular weight excluding hydrogens is 296 g/mol. The summed E-state index contributed by atoms with van der Waals surface area (Å²) in [5.41, 5.74) is 2.84. The molecule has 0 bridgehead atoms. The van der Waals surface area contributed by atoms with Gasteiger partial charge in [-0.25, -0.2) is 0 Å². The van der Waals surface area contributed by atoms with Gasteiger partial charge in [0.1, 0.15) is 11.3 Å². The van der Waals surface area contributed by atoms with Crippen molar-refractivity contribution < 1.29 is 13.9 Å². The average molecular weight is 312 g/mol. The molecule has 0 saturated carbocycles. The number of ether oxygens (including phenoxy) is 1. The second-order valence-corrected chi connectivity index (χ2v) is 6.22. The zero-order chi connectivity index (χ0) is 15.5. The van der Waals surface area contributed by atoms with Crippen LogP contribution in [0.4, 0.5) is 0 Å². The number of rotatable bonds is 4. The minimum absolute atomic E-state index is 0.0920.